The Morgan fingerprint density at radius 1 is 1.10 bits per heavy atom. The zero-order chi connectivity index (χ0) is 14.8. The van der Waals surface area contributed by atoms with Crippen LogP contribution >= 0.6 is 0 Å². The lowest BCUT2D eigenvalue weighted by Crippen LogP contribution is -2.06. The van der Waals surface area contributed by atoms with Gasteiger partial charge in [-0.15, -0.1) is 0 Å². The van der Waals surface area contributed by atoms with Gasteiger partial charge in [-0.3, -0.25) is 4.79 Å². The molecular formula is C17H12N2O2. The van der Waals surface area contributed by atoms with Gasteiger partial charge in [0.25, 0.3) is 5.56 Å². The third-order valence-corrected chi connectivity index (χ3v) is 3.43. The Kier molecular flexibility index (Phi) is 3.17. The number of nitriles is 1. The molecule has 0 bridgehead atoms. The maximum atomic E-state index is 11.9. The van der Waals surface area contributed by atoms with Crippen molar-refractivity contribution in [2.24, 2.45) is 0 Å². The standard InChI is InChI=1S/C17H12N2O2/c1-21-13-6-7-14-15(8-13)16(10-19-17(14)20)12-4-2-11(9-18)3-5-12/h2-8,10H,1H3,(H,19,20). The van der Waals surface area contributed by atoms with E-state index in [1.54, 1.807) is 37.6 Å². The van der Waals surface area contributed by atoms with E-state index < -0.39 is 0 Å². The predicted octanol–water partition coefficient (Wildman–Crippen LogP) is 3.08. The molecule has 3 aromatic rings. The van der Waals surface area contributed by atoms with Gasteiger partial charge in [0.2, 0.25) is 0 Å². The van der Waals surface area contributed by atoms with Crippen LogP contribution in [0.25, 0.3) is 21.9 Å². The summed E-state index contributed by atoms with van der Waals surface area (Å²) < 4.78 is 5.23. The highest BCUT2D eigenvalue weighted by Crippen LogP contribution is 2.29. The summed E-state index contributed by atoms with van der Waals surface area (Å²) in [6.07, 6.45) is 1.69. The summed E-state index contributed by atoms with van der Waals surface area (Å²) in [5.74, 6) is 0.697. The molecule has 0 fully saturated rings. The molecule has 1 heterocycles. The molecule has 4 heteroatoms. The number of hydrogen-bond acceptors (Lipinski definition) is 3. The van der Waals surface area contributed by atoms with Crippen molar-refractivity contribution in [3.8, 4) is 22.9 Å². The molecule has 0 atom stereocenters. The van der Waals surface area contributed by atoms with Gasteiger partial charge in [-0.05, 0) is 35.9 Å². The molecule has 1 N–H and O–H groups in total. The van der Waals surface area contributed by atoms with Gasteiger partial charge in [-0.25, -0.2) is 0 Å². The first kappa shape index (κ1) is 12.9. The molecule has 0 spiro atoms. The van der Waals surface area contributed by atoms with Gasteiger partial charge in [0.05, 0.1) is 18.7 Å². The van der Waals surface area contributed by atoms with E-state index in [9.17, 15) is 4.79 Å². The van der Waals surface area contributed by atoms with Crippen molar-refractivity contribution in [2.75, 3.05) is 7.11 Å². The molecule has 102 valence electrons. The molecule has 0 saturated heterocycles. The average Bonchev–Trinajstić information content (AvgIpc) is 2.55. The number of rotatable bonds is 2. The van der Waals surface area contributed by atoms with Crippen LogP contribution in [0, 0.1) is 11.3 Å². The van der Waals surface area contributed by atoms with Crippen LogP contribution in [0.15, 0.2) is 53.5 Å². The molecule has 4 nitrogen and oxygen atoms in total. The second-order valence-electron chi connectivity index (χ2n) is 4.63. The van der Waals surface area contributed by atoms with Crippen molar-refractivity contribution < 1.29 is 4.74 Å². The molecule has 0 unspecified atom stereocenters. The summed E-state index contributed by atoms with van der Waals surface area (Å²) in [5, 5.41) is 10.3. The lowest BCUT2D eigenvalue weighted by molar-refractivity contribution is 0.415. The van der Waals surface area contributed by atoms with E-state index in [1.807, 2.05) is 18.2 Å². The number of pyridine rings is 1. The number of nitrogens with one attached hydrogen (secondary N) is 1. The zero-order valence-electron chi connectivity index (χ0n) is 11.4. The number of ether oxygens (including phenoxy) is 1. The highest BCUT2D eigenvalue weighted by atomic mass is 16.5. The van der Waals surface area contributed by atoms with Crippen LogP contribution in [-0.4, -0.2) is 12.1 Å². The van der Waals surface area contributed by atoms with Crippen LogP contribution in [0.5, 0.6) is 5.75 Å². The van der Waals surface area contributed by atoms with Gasteiger partial charge in [0.15, 0.2) is 0 Å². The van der Waals surface area contributed by atoms with E-state index in [1.165, 1.54) is 0 Å². The number of H-pyrrole nitrogens is 1. The van der Waals surface area contributed by atoms with Gasteiger partial charge in [0.1, 0.15) is 5.75 Å². The molecule has 0 saturated carbocycles. The minimum atomic E-state index is -0.134. The Morgan fingerprint density at radius 3 is 2.52 bits per heavy atom. The van der Waals surface area contributed by atoms with Gasteiger partial charge >= 0.3 is 0 Å². The monoisotopic (exact) mass is 276 g/mol. The van der Waals surface area contributed by atoms with Crippen LogP contribution in [0.3, 0.4) is 0 Å². The Morgan fingerprint density at radius 2 is 1.86 bits per heavy atom. The molecule has 0 radical (unpaired) electrons. The smallest absolute Gasteiger partial charge is 0.255 e. The lowest BCUT2D eigenvalue weighted by atomic mass is 10.00. The summed E-state index contributed by atoms with van der Waals surface area (Å²) >= 11 is 0. The summed E-state index contributed by atoms with van der Waals surface area (Å²) in [6.45, 7) is 0. The van der Waals surface area contributed by atoms with Crippen LogP contribution < -0.4 is 10.3 Å². The number of aromatic nitrogens is 1. The molecular weight excluding hydrogens is 264 g/mol. The first-order valence-corrected chi connectivity index (χ1v) is 6.43. The van der Waals surface area contributed by atoms with Gasteiger partial charge in [-0.1, -0.05) is 12.1 Å². The fourth-order valence-electron chi connectivity index (χ4n) is 2.33. The lowest BCUT2D eigenvalue weighted by Gasteiger charge is -2.08. The van der Waals surface area contributed by atoms with E-state index in [0.717, 1.165) is 16.5 Å². The second-order valence-corrected chi connectivity index (χ2v) is 4.63. The number of aromatic amines is 1. The van der Waals surface area contributed by atoms with Gasteiger partial charge in [-0.2, -0.15) is 5.26 Å². The maximum absolute atomic E-state index is 11.9. The van der Waals surface area contributed by atoms with Crippen molar-refractivity contribution in [3.63, 3.8) is 0 Å². The fraction of sp³-hybridized carbons (Fsp3) is 0.0588. The highest BCUT2D eigenvalue weighted by molar-refractivity contribution is 5.96. The number of fused-ring (bicyclic) bond motifs is 1. The summed E-state index contributed by atoms with van der Waals surface area (Å²) in [5.41, 5.74) is 2.30. The third kappa shape index (κ3) is 2.26. The molecule has 0 amide bonds. The topological polar surface area (TPSA) is 65.9 Å². The van der Waals surface area contributed by atoms with Crippen molar-refractivity contribution in [2.45, 2.75) is 0 Å². The van der Waals surface area contributed by atoms with E-state index in [0.29, 0.717) is 16.7 Å². The van der Waals surface area contributed by atoms with E-state index >= 15 is 0 Å². The maximum Gasteiger partial charge on any atom is 0.255 e. The molecule has 21 heavy (non-hydrogen) atoms. The Balaban J connectivity index is 2.28. The van der Waals surface area contributed by atoms with Crippen LogP contribution in [-0.2, 0) is 0 Å². The third-order valence-electron chi connectivity index (χ3n) is 3.43. The number of methoxy groups -OCH3 is 1. The fourth-order valence-corrected chi connectivity index (χ4v) is 2.33. The normalized spacial score (nSPS) is 10.3. The van der Waals surface area contributed by atoms with Crippen LogP contribution in [0.2, 0.25) is 0 Å². The average molecular weight is 276 g/mol. The van der Waals surface area contributed by atoms with Gasteiger partial charge in [0, 0.05) is 22.5 Å². The van der Waals surface area contributed by atoms with Gasteiger partial charge < -0.3 is 9.72 Å². The largest absolute Gasteiger partial charge is 0.497 e. The molecule has 0 aliphatic rings. The number of hydrogen-bond donors (Lipinski definition) is 1. The first-order valence-electron chi connectivity index (χ1n) is 6.43. The SMILES string of the molecule is COc1ccc2c(=O)[nH]cc(-c3ccc(C#N)cc3)c2c1. The quantitative estimate of drug-likeness (QED) is 0.782. The van der Waals surface area contributed by atoms with E-state index in [4.69, 9.17) is 10.00 Å². The Labute approximate surface area is 121 Å². The van der Waals surface area contributed by atoms with Crippen molar-refractivity contribution in [1.29, 1.82) is 5.26 Å². The summed E-state index contributed by atoms with van der Waals surface area (Å²) in [7, 11) is 1.59. The molecule has 2 aromatic carbocycles. The van der Waals surface area contributed by atoms with Crippen LogP contribution in [0.1, 0.15) is 5.56 Å². The van der Waals surface area contributed by atoms with Crippen molar-refractivity contribution >= 4 is 10.8 Å². The molecule has 0 aliphatic heterocycles. The van der Waals surface area contributed by atoms with E-state index in [2.05, 4.69) is 11.1 Å². The molecule has 0 aliphatic carbocycles. The van der Waals surface area contributed by atoms with E-state index in [-0.39, 0.29) is 5.56 Å². The molecule has 1 aromatic heterocycles. The number of nitrogens with zero attached hydrogens (tertiary/aromatic N) is 1. The second kappa shape index (κ2) is 5.14. The van der Waals surface area contributed by atoms with Crippen molar-refractivity contribution in [3.05, 3.63) is 64.6 Å². The number of benzene rings is 2. The minimum absolute atomic E-state index is 0.134. The summed E-state index contributed by atoms with van der Waals surface area (Å²) in [6, 6.07) is 14.7. The van der Waals surface area contributed by atoms with Crippen molar-refractivity contribution in [1.82, 2.24) is 4.98 Å². The minimum Gasteiger partial charge on any atom is -0.497 e. The Bertz CT molecular complexity index is 903. The molecule has 3 rings (SSSR count). The highest BCUT2D eigenvalue weighted by Gasteiger charge is 2.08. The first-order chi connectivity index (χ1) is 10.2. The zero-order valence-corrected chi connectivity index (χ0v) is 11.4. The summed E-state index contributed by atoms with van der Waals surface area (Å²) in [4.78, 5) is 14.7. The predicted molar refractivity (Wildman–Crippen MR) is 81.3 cm³/mol. The van der Waals surface area contributed by atoms with Crippen LogP contribution in [0.4, 0.5) is 0 Å². The Hall–Kier alpha value is -3.06.